The van der Waals surface area contributed by atoms with Gasteiger partial charge >= 0.3 is 11.9 Å². The molecule has 0 unspecified atom stereocenters. The SMILES string of the molecule is C=C(CC#N)C(=O)Oc1c(I)c(I)c(C(=O)O)c(CCCCCCCC)c1I. The summed E-state index contributed by atoms with van der Waals surface area (Å²) in [4.78, 5) is 24.1. The number of carbonyl (C=O) groups is 2. The second-order valence-corrected chi connectivity index (χ2v) is 9.51. The molecule has 0 aliphatic heterocycles. The average Bonchev–Trinajstić information content (AvgIpc) is 2.65. The first kappa shape index (κ1) is 25.6. The molecular formula is C20H22I3NO4. The molecule has 1 aromatic carbocycles. The van der Waals surface area contributed by atoms with Gasteiger partial charge in [-0.15, -0.1) is 0 Å². The van der Waals surface area contributed by atoms with Gasteiger partial charge in [0.05, 0.1) is 25.2 Å². The number of nitrogens with zero attached hydrogens (tertiary/aromatic N) is 1. The van der Waals surface area contributed by atoms with Crippen LogP contribution in [0.25, 0.3) is 0 Å². The summed E-state index contributed by atoms with van der Waals surface area (Å²) in [6.45, 7) is 5.75. The molecule has 0 aliphatic rings. The molecular weight excluding hydrogens is 699 g/mol. The number of rotatable bonds is 11. The summed E-state index contributed by atoms with van der Waals surface area (Å²) >= 11 is 6.04. The largest absolute Gasteiger partial charge is 0.478 e. The fourth-order valence-corrected chi connectivity index (χ4v) is 5.53. The van der Waals surface area contributed by atoms with Crippen molar-refractivity contribution in [2.75, 3.05) is 0 Å². The first-order valence-electron chi connectivity index (χ1n) is 8.95. The number of hydrogen-bond donors (Lipinski definition) is 1. The Morgan fingerprint density at radius 3 is 2.25 bits per heavy atom. The van der Waals surface area contributed by atoms with Gasteiger partial charge in [0.1, 0.15) is 0 Å². The smallest absolute Gasteiger partial charge is 0.339 e. The molecule has 0 saturated heterocycles. The Labute approximate surface area is 206 Å². The summed E-state index contributed by atoms with van der Waals surface area (Å²) in [5.74, 6) is -1.30. The van der Waals surface area contributed by atoms with Gasteiger partial charge in [0.25, 0.3) is 0 Å². The van der Waals surface area contributed by atoms with Crippen LogP contribution in [0.1, 0.15) is 67.8 Å². The lowest BCUT2D eigenvalue weighted by Gasteiger charge is -2.17. The zero-order valence-corrected chi connectivity index (χ0v) is 22.1. The second-order valence-electron chi connectivity index (χ2n) is 6.28. The van der Waals surface area contributed by atoms with E-state index in [4.69, 9.17) is 10.00 Å². The van der Waals surface area contributed by atoms with E-state index < -0.39 is 11.9 Å². The normalized spacial score (nSPS) is 10.4. The molecule has 1 rings (SSSR count). The minimum absolute atomic E-state index is 0.0730. The van der Waals surface area contributed by atoms with E-state index in [0.717, 1.165) is 19.3 Å². The van der Waals surface area contributed by atoms with Gasteiger partial charge in [-0.2, -0.15) is 5.26 Å². The fourth-order valence-electron chi connectivity index (χ4n) is 2.65. The van der Waals surface area contributed by atoms with E-state index in [1.165, 1.54) is 19.3 Å². The van der Waals surface area contributed by atoms with Crippen molar-refractivity contribution in [1.29, 1.82) is 5.26 Å². The highest BCUT2D eigenvalue weighted by atomic mass is 127. The summed E-state index contributed by atoms with van der Waals surface area (Å²) in [7, 11) is 0. The summed E-state index contributed by atoms with van der Waals surface area (Å²) in [5.41, 5.74) is 1.05. The molecule has 0 atom stereocenters. The zero-order valence-electron chi connectivity index (χ0n) is 15.6. The monoisotopic (exact) mass is 721 g/mol. The Morgan fingerprint density at radius 2 is 1.68 bits per heavy atom. The molecule has 1 aromatic rings. The van der Waals surface area contributed by atoms with Gasteiger partial charge in [-0.25, -0.2) is 9.59 Å². The van der Waals surface area contributed by atoms with Crippen LogP contribution in [-0.2, 0) is 11.2 Å². The van der Waals surface area contributed by atoms with Gasteiger partial charge in [0, 0.05) is 9.14 Å². The third-order valence-electron chi connectivity index (χ3n) is 4.15. The number of unbranched alkanes of at least 4 members (excludes halogenated alkanes) is 5. The molecule has 0 heterocycles. The first-order chi connectivity index (χ1) is 13.3. The average molecular weight is 721 g/mol. The van der Waals surface area contributed by atoms with Crippen molar-refractivity contribution in [2.45, 2.75) is 58.3 Å². The van der Waals surface area contributed by atoms with Crippen molar-refractivity contribution >= 4 is 79.7 Å². The molecule has 0 fully saturated rings. The minimum atomic E-state index is -0.979. The van der Waals surface area contributed by atoms with Gasteiger partial charge in [0.2, 0.25) is 0 Å². The van der Waals surface area contributed by atoms with Crippen molar-refractivity contribution < 1.29 is 19.4 Å². The van der Waals surface area contributed by atoms with Crippen LogP contribution in [0.4, 0.5) is 0 Å². The lowest BCUT2D eigenvalue weighted by Crippen LogP contribution is -2.16. The Morgan fingerprint density at radius 1 is 1.07 bits per heavy atom. The maximum atomic E-state index is 12.2. The molecule has 0 saturated carbocycles. The molecule has 0 bridgehead atoms. The van der Waals surface area contributed by atoms with Crippen molar-refractivity contribution in [3.05, 3.63) is 34.0 Å². The predicted octanol–water partition coefficient (Wildman–Crippen LogP) is 6.48. The van der Waals surface area contributed by atoms with Crippen molar-refractivity contribution in [1.82, 2.24) is 0 Å². The van der Waals surface area contributed by atoms with E-state index in [1.807, 2.05) is 51.3 Å². The van der Waals surface area contributed by atoms with Crippen LogP contribution in [0, 0.1) is 22.0 Å². The van der Waals surface area contributed by atoms with E-state index in [1.54, 1.807) is 0 Å². The van der Waals surface area contributed by atoms with Crippen molar-refractivity contribution in [2.24, 2.45) is 0 Å². The molecule has 28 heavy (non-hydrogen) atoms. The molecule has 8 heteroatoms. The Kier molecular flexibility index (Phi) is 11.9. The zero-order chi connectivity index (χ0) is 21.3. The van der Waals surface area contributed by atoms with Crippen LogP contribution in [0.2, 0.25) is 0 Å². The van der Waals surface area contributed by atoms with Crippen LogP contribution in [0.3, 0.4) is 0 Å². The third kappa shape index (κ3) is 7.12. The van der Waals surface area contributed by atoms with Crippen molar-refractivity contribution in [3.8, 4) is 11.8 Å². The van der Waals surface area contributed by atoms with Gasteiger partial charge < -0.3 is 9.84 Å². The quantitative estimate of drug-likeness (QED) is 0.0707. The summed E-state index contributed by atoms with van der Waals surface area (Å²) in [5, 5.41) is 18.5. The highest BCUT2D eigenvalue weighted by Crippen LogP contribution is 2.38. The molecule has 0 aromatic heterocycles. The molecule has 0 spiro atoms. The van der Waals surface area contributed by atoms with E-state index in [9.17, 15) is 14.7 Å². The van der Waals surface area contributed by atoms with Gasteiger partial charge in [-0.3, -0.25) is 0 Å². The number of esters is 1. The second kappa shape index (κ2) is 13.0. The fraction of sp³-hybridized carbons (Fsp3) is 0.450. The van der Waals surface area contributed by atoms with E-state index in [0.29, 0.717) is 28.4 Å². The lowest BCUT2D eigenvalue weighted by atomic mass is 10.00. The molecule has 0 radical (unpaired) electrons. The molecule has 0 amide bonds. The van der Waals surface area contributed by atoms with E-state index in [-0.39, 0.29) is 17.6 Å². The number of carboxylic acids is 1. The van der Waals surface area contributed by atoms with Crippen molar-refractivity contribution in [3.63, 3.8) is 0 Å². The number of carbonyl (C=O) groups excluding carboxylic acids is 1. The van der Waals surface area contributed by atoms with Crippen LogP contribution < -0.4 is 4.74 Å². The standard InChI is InChI=1S/C20H22I3NO4/c1-3-4-5-6-7-8-9-13-14(19(25)26)16(22)17(23)18(15(13)21)28-20(27)12(2)10-11-24/h2-10H2,1H3,(H,25,26). The number of aromatic carboxylic acids is 1. The summed E-state index contributed by atoms with van der Waals surface area (Å²) in [6.07, 6.45) is 7.13. The summed E-state index contributed by atoms with van der Waals surface area (Å²) < 4.78 is 7.26. The van der Waals surface area contributed by atoms with E-state index in [2.05, 4.69) is 36.1 Å². The molecule has 1 N–H and O–H groups in total. The van der Waals surface area contributed by atoms with Gasteiger partial charge in [-0.05, 0) is 86.2 Å². The predicted molar refractivity (Wildman–Crippen MR) is 134 cm³/mol. The number of halogens is 3. The Bertz CT molecular complexity index is 800. The van der Waals surface area contributed by atoms with Crippen LogP contribution in [0.15, 0.2) is 12.2 Å². The van der Waals surface area contributed by atoms with Crippen LogP contribution in [-0.4, -0.2) is 17.0 Å². The topological polar surface area (TPSA) is 87.4 Å². The molecule has 152 valence electrons. The number of nitriles is 1. The lowest BCUT2D eigenvalue weighted by molar-refractivity contribution is -0.130. The highest BCUT2D eigenvalue weighted by Gasteiger charge is 2.26. The number of benzene rings is 1. The highest BCUT2D eigenvalue weighted by molar-refractivity contribution is 14.1. The third-order valence-corrected chi connectivity index (χ3v) is 8.43. The minimum Gasteiger partial charge on any atom is -0.478 e. The molecule has 0 aliphatic carbocycles. The Hall–Kier alpha value is -0.420. The van der Waals surface area contributed by atoms with Gasteiger partial charge in [-0.1, -0.05) is 45.6 Å². The molecule has 5 nitrogen and oxygen atoms in total. The van der Waals surface area contributed by atoms with Gasteiger partial charge in [0.15, 0.2) is 5.75 Å². The van der Waals surface area contributed by atoms with Crippen LogP contribution >= 0.6 is 67.8 Å². The first-order valence-corrected chi connectivity index (χ1v) is 12.2. The van der Waals surface area contributed by atoms with Crippen LogP contribution in [0.5, 0.6) is 5.75 Å². The number of ether oxygens (including phenoxy) is 1. The maximum Gasteiger partial charge on any atom is 0.339 e. The van der Waals surface area contributed by atoms with E-state index >= 15 is 0 Å². The number of carboxylic acid groups (broad SMARTS) is 1. The Balaban J connectivity index is 3.17. The number of hydrogen-bond acceptors (Lipinski definition) is 4. The summed E-state index contributed by atoms with van der Waals surface area (Å²) in [6, 6.07) is 1.88. The maximum absolute atomic E-state index is 12.2.